The summed E-state index contributed by atoms with van der Waals surface area (Å²) in [5, 5.41) is 5.08. The Kier molecular flexibility index (Phi) is 7.29. The zero-order valence-electron chi connectivity index (χ0n) is 19.0. The van der Waals surface area contributed by atoms with E-state index in [0.29, 0.717) is 11.4 Å². The highest BCUT2D eigenvalue weighted by Crippen LogP contribution is 2.31. The quantitative estimate of drug-likeness (QED) is 0.446. The second-order valence-electron chi connectivity index (χ2n) is 8.72. The predicted molar refractivity (Wildman–Crippen MR) is 125 cm³/mol. The Morgan fingerprint density at radius 3 is 2.03 bits per heavy atom. The Labute approximate surface area is 195 Å². The van der Waals surface area contributed by atoms with Crippen molar-refractivity contribution < 1.29 is 27.5 Å². The van der Waals surface area contributed by atoms with Gasteiger partial charge in [-0.3, -0.25) is 9.59 Å². The van der Waals surface area contributed by atoms with Crippen molar-refractivity contribution in [2.24, 2.45) is 0 Å². The van der Waals surface area contributed by atoms with Crippen LogP contribution in [-0.2, 0) is 16.4 Å². The molecule has 0 spiro atoms. The van der Waals surface area contributed by atoms with Gasteiger partial charge in [0, 0.05) is 16.9 Å². The fourth-order valence-corrected chi connectivity index (χ4v) is 3.11. The van der Waals surface area contributed by atoms with Crippen LogP contribution in [0.3, 0.4) is 0 Å². The number of hydrogen-bond acceptors (Lipinski definition) is 3. The van der Waals surface area contributed by atoms with Crippen LogP contribution in [0.2, 0.25) is 0 Å². The number of amides is 2. The van der Waals surface area contributed by atoms with Crippen LogP contribution < -0.4 is 15.4 Å². The molecule has 178 valence electrons. The molecule has 0 heterocycles. The van der Waals surface area contributed by atoms with Crippen LogP contribution in [0.5, 0.6) is 5.75 Å². The Morgan fingerprint density at radius 2 is 1.41 bits per heavy atom. The lowest BCUT2D eigenvalue weighted by Crippen LogP contribution is -2.20. The molecule has 0 aromatic heterocycles. The first-order valence-electron chi connectivity index (χ1n) is 10.5. The van der Waals surface area contributed by atoms with Gasteiger partial charge < -0.3 is 15.4 Å². The third kappa shape index (κ3) is 6.84. The van der Waals surface area contributed by atoms with E-state index in [1.807, 2.05) is 12.1 Å². The first kappa shape index (κ1) is 24.8. The molecule has 0 atom stereocenters. The number of hydrogen-bond donors (Lipinski definition) is 2. The van der Waals surface area contributed by atoms with Crippen molar-refractivity contribution in [2.45, 2.75) is 32.4 Å². The van der Waals surface area contributed by atoms with E-state index in [-0.39, 0.29) is 23.3 Å². The van der Waals surface area contributed by atoms with Crippen LogP contribution >= 0.6 is 0 Å². The van der Waals surface area contributed by atoms with Crippen molar-refractivity contribution in [1.29, 1.82) is 0 Å². The first-order chi connectivity index (χ1) is 15.9. The summed E-state index contributed by atoms with van der Waals surface area (Å²) in [6.07, 6.45) is -4.51. The molecule has 34 heavy (non-hydrogen) atoms. The summed E-state index contributed by atoms with van der Waals surface area (Å²) in [5.74, 6) is -0.474. The van der Waals surface area contributed by atoms with Gasteiger partial charge in [0.1, 0.15) is 5.75 Å². The Hall–Kier alpha value is -3.81. The summed E-state index contributed by atoms with van der Waals surface area (Å²) in [5.41, 5.74) is 0.834. The molecule has 0 saturated heterocycles. The second-order valence-corrected chi connectivity index (χ2v) is 8.72. The molecule has 0 aliphatic carbocycles. The average Bonchev–Trinajstić information content (AvgIpc) is 2.77. The smallest absolute Gasteiger partial charge is 0.416 e. The van der Waals surface area contributed by atoms with Crippen molar-refractivity contribution >= 4 is 23.2 Å². The van der Waals surface area contributed by atoms with E-state index in [9.17, 15) is 22.8 Å². The molecule has 3 rings (SSSR count). The average molecular weight is 470 g/mol. The van der Waals surface area contributed by atoms with Crippen LogP contribution in [0.15, 0.2) is 72.8 Å². The lowest BCUT2D eigenvalue weighted by atomic mass is 9.87. The third-order valence-corrected chi connectivity index (χ3v) is 4.95. The highest BCUT2D eigenvalue weighted by molar-refractivity contribution is 6.05. The van der Waals surface area contributed by atoms with Gasteiger partial charge in [-0.25, -0.2) is 0 Å². The van der Waals surface area contributed by atoms with Crippen LogP contribution in [0.25, 0.3) is 0 Å². The van der Waals surface area contributed by atoms with E-state index in [0.717, 1.165) is 17.7 Å². The fourth-order valence-electron chi connectivity index (χ4n) is 3.11. The van der Waals surface area contributed by atoms with Gasteiger partial charge >= 0.3 is 6.18 Å². The first-order valence-corrected chi connectivity index (χ1v) is 10.5. The molecule has 0 radical (unpaired) electrons. The van der Waals surface area contributed by atoms with E-state index in [1.54, 1.807) is 24.3 Å². The summed E-state index contributed by atoms with van der Waals surface area (Å²) in [6.45, 7) is 6.08. The summed E-state index contributed by atoms with van der Waals surface area (Å²) < 4.78 is 44.1. The van der Waals surface area contributed by atoms with Gasteiger partial charge in [0.25, 0.3) is 11.8 Å². The molecule has 0 aliphatic heterocycles. The molecule has 0 aliphatic rings. The van der Waals surface area contributed by atoms with Crippen molar-refractivity contribution in [3.8, 4) is 5.75 Å². The van der Waals surface area contributed by atoms with Gasteiger partial charge in [-0.15, -0.1) is 0 Å². The zero-order chi connectivity index (χ0) is 24.9. The van der Waals surface area contributed by atoms with Crippen molar-refractivity contribution in [1.82, 2.24) is 0 Å². The largest absolute Gasteiger partial charge is 0.484 e. The maximum Gasteiger partial charge on any atom is 0.416 e. The minimum Gasteiger partial charge on any atom is -0.484 e. The normalized spacial score (nSPS) is 11.6. The van der Waals surface area contributed by atoms with Crippen molar-refractivity contribution in [3.05, 3.63) is 89.5 Å². The molecule has 0 saturated carbocycles. The number of benzene rings is 3. The highest BCUT2D eigenvalue weighted by Gasteiger charge is 2.30. The van der Waals surface area contributed by atoms with E-state index in [4.69, 9.17) is 4.74 Å². The van der Waals surface area contributed by atoms with Crippen LogP contribution in [0.4, 0.5) is 24.5 Å². The molecule has 8 heteroatoms. The van der Waals surface area contributed by atoms with Gasteiger partial charge in [0.2, 0.25) is 0 Å². The molecule has 2 amide bonds. The lowest BCUT2D eigenvalue weighted by Gasteiger charge is -2.19. The number of ether oxygens (including phenoxy) is 1. The third-order valence-electron chi connectivity index (χ3n) is 4.95. The number of rotatable bonds is 6. The zero-order valence-corrected chi connectivity index (χ0v) is 19.0. The Morgan fingerprint density at radius 1 is 0.794 bits per heavy atom. The Bertz CT molecular complexity index is 1170. The second kappa shape index (κ2) is 9.99. The predicted octanol–water partition coefficient (Wildman–Crippen LogP) is 6.27. The topological polar surface area (TPSA) is 67.4 Å². The number of carbonyl (C=O) groups is 2. The monoisotopic (exact) mass is 470 g/mol. The van der Waals surface area contributed by atoms with E-state index in [2.05, 4.69) is 31.4 Å². The summed E-state index contributed by atoms with van der Waals surface area (Å²) in [6, 6.07) is 17.9. The molecule has 2 N–H and O–H groups in total. The molecule has 3 aromatic rings. The van der Waals surface area contributed by atoms with E-state index >= 15 is 0 Å². The Balaban J connectivity index is 1.58. The summed E-state index contributed by atoms with van der Waals surface area (Å²) >= 11 is 0. The van der Waals surface area contributed by atoms with Gasteiger partial charge in [0.05, 0.1) is 5.56 Å². The molecule has 3 aromatic carbocycles. The van der Waals surface area contributed by atoms with E-state index in [1.165, 1.54) is 24.3 Å². The maximum absolute atomic E-state index is 12.9. The minimum absolute atomic E-state index is 0.00828. The number of halogens is 3. The number of nitrogens with one attached hydrogen (secondary N) is 2. The minimum atomic E-state index is -4.51. The fraction of sp³-hybridized carbons (Fsp3) is 0.231. The molecular formula is C26H25F3N2O3. The maximum atomic E-state index is 12.9. The SMILES string of the molecule is CC(C)(C)c1ccc(OCC(=O)Nc2cccc(C(=O)Nc3cccc(C(F)(F)F)c3)c2)cc1. The number of anilines is 2. The van der Waals surface area contributed by atoms with Crippen LogP contribution in [0, 0.1) is 0 Å². The van der Waals surface area contributed by atoms with Crippen LogP contribution in [0.1, 0.15) is 42.3 Å². The molecule has 0 fully saturated rings. The summed E-state index contributed by atoms with van der Waals surface area (Å²) in [4.78, 5) is 24.8. The van der Waals surface area contributed by atoms with Gasteiger partial charge in [-0.2, -0.15) is 13.2 Å². The highest BCUT2D eigenvalue weighted by atomic mass is 19.4. The van der Waals surface area contributed by atoms with Gasteiger partial charge in [-0.1, -0.05) is 45.0 Å². The molecule has 0 bridgehead atoms. The van der Waals surface area contributed by atoms with Crippen molar-refractivity contribution in [3.63, 3.8) is 0 Å². The number of alkyl halides is 3. The van der Waals surface area contributed by atoms with E-state index < -0.39 is 23.6 Å². The molecule has 0 unspecified atom stereocenters. The van der Waals surface area contributed by atoms with Gasteiger partial charge in [-0.05, 0) is 59.5 Å². The lowest BCUT2D eigenvalue weighted by molar-refractivity contribution is -0.137. The van der Waals surface area contributed by atoms with Crippen LogP contribution in [-0.4, -0.2) is 18.4 Å². The standard InChI is InChI=1S/C26H25F3N2O3/c1-25(2,3)18-10-12-22(13-11-18)34-16-23(32)30-20-8-4-6-17(14-20)24(33)31-21-9-5-7-19(15-21)26(27,28)29/h4-15H,16H2,1-3H3,(H,30,32)(H,31,33). The summed E-state index contributed by atoms with van der Waals surface area (Å²) in [7, 11) is 0. The molecular weight excluding hydrogens is 445 g/mol. The number of carbonyl (C=O) groups excluding carboxylic acids is 2. The molecule has 5 nitrogen and oxygen atoms in total. The van der Waals surface area contributed by atoms with Crippen molar-refractivity contribution in [2.75, 3.05) is 17.2 Å². The van der Waals surface area contributed by atoms with Gasteiger partial charge in [0.15, 0.2) is 6.61 Å².